The molecule has 1 heterocycles. The lowest BCUT2D eigenvalue weighted by Crippen LogP contribution is -2.35. The first-order valence-corrected chi connectivity index (χ1v) is 6.66. The fourth-order valence-electron chi connectivity index (χ4n) is 1.73. The van der Waals surface area contributed by atoms with Crippen LogP contribution in [0.2, 0.25) is 0 Å². The first-order valence-electron chi connectivity index (χ1n) is 6.66. The normalized spacial score (nSPS) is 11.3. The lowest BCUT2D eigenvalue weighted by Gasteiger charge is -2.19. The summed E-state index contributed by atoms with van der Waals surface area (Å²) >= 11 is 0. The van der Waals surface area contributed by atoms with Crippen LogP contribution in [-0.2, 0) is 4.79 Å². The molecule has 108 valence electrons. The standard InChI is InChI=1S/C13H23N3O3/c1-4-5-16(6-7-17)9-12(18)14-13-8-11(10(2)3)15-19-13/h8,10,17H,4-7,9H2,1-3H3,(H,14,18). The van der Waals surface area contributed by atoms with Gasteiger partial charge in [-0.2, -0.15) is 0 Å². The molecular formula is C13H23N3O3. The second-order valence-electron chi connectivity index (χ2n) is 4.82. The zero-order chi connectivity index (χ0) is 14.3. The van der Waals surface area contributed by atoms with E-state index in [1.165, 1.54) is 0 Å². The number of aromatic nitrogens is 1. The predicted molar refractivity (Wildman–Crippen MR) is 73.0 cm³/mol. The van der Waals surface area contributed by atoms with E-state index < -0.39 is 0 Å². The lowest BCUT2D eigenvalue weighted by molar-refractivity contribution is -0.117. The molecule has 2 N–H and O–H groups in total. The van der Waals surface area contributed by atoms with Gasteiger partial charge in [0.05, 0.1) is 18.8 Å². The minimum atomic E-state index is -0.159. The summed E-state index contributed by atoms with van der Waals surface area (Å²) in [6.07, 6.45) is 0.938. The van der Waals surface area contributed by atoms with Crippen LogP contribution in [0.15, 0.2) is 10.6 Å². The Hall–Kier alpha value is -1.40. The minimum Gasteiger partial charge on any atom is -0.395 e. The molecule has 1 aromatic rings. The Morgan fingerprint density at radius 3 is 2.79 bits per heavy atom. The van der Waals surface area contributed by atoms with Crippen LogP contribution in [0.1, 0.15) is 38.8 Å². The third kappa shape index (κ3) is 5.40. The topological polar surface area (TPSA) is 78.6 Å². The molecule has 1 rings (SSSR count). The van der Waals surface area contributed by atoms with Crippen molar-refractivity contribution in [3.8, 4) is 0 Å². The van der Waals surface area contributed by atoms with Crippen LogP contribution in [0, 0.1) is 0 Å². The summed E-state index contributed by atoms with van der Waals surface area (Å²) in [5.74, 6) is 0.475. The van der Waals surface area contributed by atoms with E-state index in [0.29, 0.717) is 12.4 Å². The number of aliphatic hydroxyl groups is 1. The van der Waals surface area contributed by atoms with E-state index in [4.69, 9.17) is 9.63 Å². The number of carbonyl (C=O) groups is 1. The molecule has 0 aliphatic heterocycles. The number of hydrogen-bond donors (Lipinski definition) is 2. The van der Waals surface area contributed by atoms with Crippen molar-refractivity contribution in [3.05, 3.63) is 11.8 Å². The van der Waals surface area contributed by atoms with Gasteiger partial charge < -0.3 is 9.63 Å². The molecule has 1 aromatic heterocycles. The molecule has 0 bridgehead atoms. The summed E-state index contributed by atoms with van der Waals surface area (Å²) in [7, 11) is 0. The fraction of sp³-hybridized carbons (Fsp3) is 0.692. The molecule has 0 radical (unpaired) electrons. The van der Waals surface area contributed by atoms with Gasteiger partial charge in [0.15, 0.2) is 0 Å². The van der Waals surface area contributed by atoms with Gasteiger partial charge in [0.25, 0.3) is 0 Å². The lowest BCUT2D eigenvalue weighted by atomic mass is 10.1. The molecule has 0 aliphatic carbocycles. The SMILES string of the molecule is CCCN(CCO)CC(=O)Nc1cc(C(C)C)no1. The van der Waals surface area contributed by atoms with Crippen molar-refractivity contribution in [3.63, 3.8) is 0 Å². The first kappa shape index (κ1) is 15.7. The average molecular weight is 269 g/mol. The van der Waals surface area contributed by atoms with Crippen molar-refractivity contribution in [1.29, 1.82) is 0 Å². The highest BCUT2D eigenvalue weighted by Crippen LogP contribution is 2.17. The quantitative estimate of drug-likeness (QED) is 0.746. The van der Waals surface area contributed by atoms with E-state index in [9.17, 15) is 4.79 Å². The van der Waals surface area contributed by atoms with Crippen LogP contribution < -0.4 is 5.32 Å². The third-order valence-electron chi connectivity index (χ3n) is 2.71. The Balaban J connectivity index is 2.48. The monoisotopic (exact) mass is 269 g/mol. The van der Waals surface area contributed by atoms with Gasteiger partial charge in [-0.3, -0.25) is 15.0 Å². The van der Waals surface area contributed by atoms with Gasteiger partial charge in [-0.05, 0) is 18.9 Å². The van der Waals surface area contributed by atoms with Crippen molar-refractivity contribution in [2.75, 3.05) is 31.6 Å². The van der Waals surface area contributed by atoms with Crippen LogP contribution in [0.4, 0.5) is 5.88 Å². The summed E-state index contributed by atoms with van der Waals surface area (Å²) in [6.45, 7) is 7.62. The predicted octanol–water partition coefficient (Wildman–Crippen LogP) is 1.44. The van der Waals surface area contributed by atoms with Crippen molar-refractivity contribution < 1.29 is 14.4 Å². The maximum Gasteiger partial charge on any atom is 0.240 e. The number of anilines is 1. The van der Waals surface area contributed by atoms with Crippen LogP contribution in [0.25, 0.3) is 0 Å². The Bertz CT molecular complexity index is 384. The molecule has 6 nitrogen and oxygen atoms in total. The van der Waals surface area contributed by atoms with E-state index in [0.717, 1.165) is 18.7 Å². The highest BCUT2D eigenvalue weighted by atomic mass is 16.5. The average Bonchev–Trinajstić information content (AvgIpc) is 2.78. The van der Waals surface area contributed by atoms with Gasteiger partial charge in [0.1, 0.15) is 0 Å². The molecule has 0 fully saturated rings. The second kappa shape index (κ2) is 7.91. The molecule has 6 heteroatoms. The zero-order valence-electron chi connectivity index (χ0n) is 11.8. The van der Waals surface area contributed by atoms with Gasteiger partial charge in [0, 0.05) is 12.6 Å². The maximum absolute atomic E-state index is 11.8. The number of hydrogen-bond acceptors (Lipinski definition) is 5. The van der Waals surface area contributed by atoms with Gasteiger partial charge >= 0.3 is 0 Å². The first-order chi connectivity index (χ1) is 9.06. The smallest absolute Gasteiger partial charge is 0.240 e. The molecule has 0 saturated carbocycles. The van der Waals surface area contributed by atoms with Crippen LogP contribution >= 0.6 is 0 Å². The molecule has 19 heavy (non-hydrogen) atoms. The van der Waals surface area contributed by atoms with Crippen molar-refractivity contribution >= 4 is 11.8 Å². The number of carbonyl (C=O) groups excluding carboxylic acids is 1. The minimum absolute atomic E-state index is 0.0487. The largest absolute Gasteiger partial charge is 0.395 e. The molecule has 0 atom stereocenters. The van der Waals surface area contributed by atoms with E-state index >= 15 is 0 Å². The summed E-state index contributed by atoms with van der Waals surface area (Å²) in [5.41, 5.74) is 0.816. The van der Waals surface area contributed by atoms with Crippen LogP contribution in [-0.4, -0.2) is 47.3 Å². The Labute approximate surface area is 113 Å². The summed E-state index contributed by atoms with van der Waals surface area (Å²) in [6, 6.07) is 1.73. The highest BCUT2D eigenvalue weighted by Gasteiger charge is 2.13. The number of amides is 1. The molecular weight excluding hydrogens is 246 g/mol. The van der Waals surface area contributed by atoms with E-state index in [1.807, 2.05) is 25.7 Å². The Kier molecular flexibility index (Phi) is 6.52. The third-order valence-corrected chi connectivity index (χ3v) is 2.71. The van der Waals surface area contributed by atoms with Crippen LogP contribution in [0.5, 0.6) is 0 Å². The van der Waals surface area contributed by atoms with Gasteiger partial charge in [-0.1, -0.05) is 25.9 Å². The van der Waals surface area contributed by atoms with E-state index in [-0.39, 0.29) is 25.0 Å². The fourth-order valence-corrected chi connectivity index (χ4v) is 1.73. The Morgan fingerprint density at radius 2 is 2.26 bits per heavy atom. The van der Waals surface area contributed by atoms with Crippen molar-refractivity contribution in [2.24, 2.45) is 0 Å². The number of nitrogens with one attached hydrogen (secondary N) is 1. The molecule has 0 saturated heterocycles. The summed E-state index contributed by atoms with van der Waals surface area (Å²) < 4.78 is 5.05. The second-order valence-corrected chi connectivity index (χ2v) is 4.82. The number of aliphatic hydroxyl groups excluding tert-OH is 1. The molecule has 0 aliphatic rings. The maximum atomic E-state index is 11.8. The highest BCUT2D eigenvalue weighted by molar-refractivity contribution is 5.90. The molecule has 1 amide bonds. The Morgan fingerprint density at radius 1 is 1.53 bits per heavy atom. The summed E-state index contributed by atoms with van der Waals surface area (Å²) in [5, 5.41) is 15.5. The zero-order valence-corrected chi connectivity index (χ0v) is 11.8. The van der Waals surface area contributed by atoms with Crippen molar-refractivity contribution in [1.82, 2.24) is 10.1 Å². The summed E-state index contributed by atoms with van der Waals surface area (Å²) in [4.78, 5) is 13.7. The van der Waals surface area contributed by atoms with E-state index in [1.54, 1.807) is 6.07 Å². The molecule has 0 spiro atoms. The van der Waals surface area contributed by atoms with Gasteiger partial charge in [-0.25, -0.2) is 0 Å². The van der Waals surface area contributed by atoms with Gasteiger partial charge in [0.2, 0.25) is 11.8 Å². The van der Waals surface area contributed by atoms with E-state index in [2.05, 4.69) is 10.5 Å². The number of rotatable bonds is 8. The molecule has 0 unspecified atom stereocenters. The molecule has 0 aromatic carbocycles. The van der Waals surface area contributed by atoms with Gasteiger partial charge in [-0.15, -0.1) is 0 Å². The van der Waals surface area contributed by atoms with Crippen LogP contribution in [0.3, 0.4) is 0 Å². The number of nitrogens with zero attached hydrogens (tertiary/aromatic N) is 2. The van der Waals surface area contributed by atoms with Crippen molar-refractivity contribution in [2.45, 2.75) is 33.1 Å².